The van der Waals surface area contributed by atoms with Gasteiger partial charge in [0, 0.05) is 24.3 Å². The first-order chi connectivity index (χ1) is 19.0. The quantitative estimate of drug-likeness (QED) is 0.546. The lowest BCUT2D eigenvalue weighted by Gasteiger charge is -2.42. The SMILES string of the molecule is CCOc1ccc(N2CC=C[C@@H]3O[C@]45C=CCN(C(C)(C)C)C(=O)C4N([C@@H](CO)C(C)C)C(=O)[C@@H]5[C@@H]3C2=O)cc1. The van der Waals surface area contributed by atoms with E-state index in [1.807, 2.05) is 90.1 Å². The van der Waals surface area contributed by atoms with Crippen LogP contribution in [0.4, 0.5) is 5.69 Å². The van der Waals surface area contributed by atoms with Crippen LogP contribution in [0, 0.1) is 17.8 Å². The van der Waals surface area contributed by atoms with E-state index in [1.165, 1.54) is 4.90 Å². The summed E-state index contributed by atoms with van der Waals surface area (Å²) < 4.78 is 12.3. The van der Waals surface area contributed by atoms with Gasteiger partial charge in [0.15, 0.2) is 0 Å². The fraction of sp³-hybridized carbons (Fsp3) is 0.581. The molecule has 1 spiro atoms. The number of fused-ring (bicyclic) bond motifs is 2. The summed E-state index contributed by atoms with van der Waals surface area (Å²) in [5.41, 5.74) is -1.14. The fourth-order valence-electron chi connectivity index (χ4n) is 6.78. The van der Waals surface area contributed by atoms with Gasteiger partial charge in [-0.1, -0.05) is 38.2 Å². The molecule has 9 heteroatoms. The van der Waals surface area contributed by atoms with Crippen LogP contribution in [0.5, 0.6) is 5.75 Å². The highest BCUT2D eigenvalue weighted by Gasteiger charge is 2.73. The fourth-order valence-corrected chi connectivity index (χ4v) is 6.78. The first-order valence-electron chi connectivity index (χ1n) is 14.3. The highest BCUT2D eigenvalue weighted by molar-refractivity contribution is 6.04. The van der Waals surface area contributed by atoms with Gasteiger partial charge in [-0.3, -0.25) is 14.4 Å². The zero-order valence-electron chi connectivity index (χ0n) is 24.2. The van der Waals surface area contributed by atoms with Crippen LogP contribution >= 0.6 is 0 Å². The average molecular weight is 552 g/mol. The first-order valence-corrected chi connectivity index (χ1v) is 14.3. The van der Waals surface area contributed by atoms with Crippen molar-refractivity contribution in [1.82, 2.24) is 9.80 Å². The number of rotatable bonds is 6. The van der Waals surface area contributed by atoms with Crippen LogP contribution in [0.1, 0.15) is 41.5 Å². The molecule has 2 saturated heterocycles. The lowest BCUT2D eigenvalue weighted by Crippen LogP contribution is -2.61. The minimum Gasteiger partial charge on any atom is -0.494 e. The summed E-state index contributed by atoms with van der Waals surface area (Å²) in [6, 6.07) is 5.74. The molecule has 0 aromatic heterocycles. The second-order valence-corrected chi connectivity index (χ2v) is 12.4. The summed E-state index contributed by atoms with van der Waals surface area (Å²) in [7, 11) is 0. The monoisotopic (exact) mass is 551 g/mol. The molecule has 1 aromatic rings. The number of ether oxygens (including phenoxy) is 2. The van der Waals surface area contributed by atoms with Gasteiger partial charge in [0.05, 0.1) is 37.2 Å². The van der Waals surface area contributed by atoms with Crippen LogP contribution in [0.25, 0.3) is 0 Å². The van der Waals surface area contributed by atoms with Crippen molar-refractivity contribution in [3.05, 3.63) is 48.6 Å². The van der Waals surface area contributed by atoms with Gasteiger partial charge >= 0.3 is 0 Å². The molecular formula is C31H41N3O6. The van der Waals surface area contributed by atoms with Gasteiger partial charge in [-0.05, 0) is 57.9 Å². The predicted octanol–water partition coefficient (Wildman–Crippen LogP) is 2.78. The van der Waals surface area contributed by atoms with Crippen molar-refractivity contribution in [2.75, 3.05) is 31.2 Å². The number of nitrogens with zero attached hydrogens (tertiary/aromatic N) is 3. The Balaban J connectivity index is 1.60. The second-order valence-electron chi connectivity index (χ2n) is 12.4. The molecule has 1 N–H and O–H groups in total. The third-order valence-electron chi connectivity index (χ3n) is 8.68. The highest BCUT2D eigenvalue weighted by atomic mass is 16.5. The van der Waals surface area contributed by atoms with Crippen LogP contribution < -0.4 is 9.64 Å². The van der Waals surface area contributed by atoms with E-state index >= 15 is 0 Å². The third-order valence-corrected chi connectivity index (χ3v) is 8.68. The molecule has 40 heavy (non-hydrogen) atoms. The molecule has 1 aromatic carbocycles. The maximum atomic E-state index is 14.5. The number of benzene rings is 1. The molecule has 3 amide bonds. The van der Waals surface area contributed by atoms with Crippen LogP contribution in [0.2, 0.25) is 0 Å². The van der Waals surface area contributed by atoms with E-state index < -0.39 is 41.2 Å². The van der Waals surface area contributed by atoms with Crippen molar-refractivity contribution in [2.45, 2.75) is 70.9 Å². The lowest BCUT2D eigenvalue weighted by molar-refractivity contribution is -0.154. The van der Waals surface area contributed by atoms with E-state index in [9.17, 15) is 19.5 Å². The number of hydrogen-bond acceptors (Lipinski definition) is 6. The van der Waals surface area contributed by atoms with Crippen molar-refractivity contribution in [2.24, 2.45) is 17.8 Å². The Morgan fingerprint density at radius 2 is 1.75 bits per heavy atom. The molecule has 0 bridgehead atoms. The Morgan fingerprint density at radius 1 is 1.05 bits per heavy atom. The zero-order chi connectivity index (χ0) is 29.0. The number of likely N-dealkylation sites (tertiary alicyclic amines) is 1. The summed E-state index contributed by atoms with van der Waals surface area (Å²) >= 11 is 0. The summed E-state index contributed by atoms with van der Waals surface area (Å²) in [6.45, 7) is 12.6. The Labute approximate surface area is 236 Å². The van der Waals surface area contributed by atoms with Crippen molar-refractivity contribution in [3.8, 4) is 5.75 Å². The number of carbonyl (C=O) groups excluding carboxylic acids is 3. The Bertz CT molecular complexity index is 1220. The van der Waals surface area contributed by atoms with Gasteiger partial charge < -0.3 is 29.3 Å². The minimum absolute atomic E-state index is 0.117. The summed E-state index contributed by atoms with van der Waals surface area (Å²) in [4.78, 5) is 48.1. The van der Waals surface area contributed by atoms with Crippen molar-refractivity contribution < 1.29 is 29.0 Å². The normalized spacial score (nSPS) is 30.8. The third kappa shape index (κ3) is 4.34. The minimum atomic E-state index is -1.33. The summed E-state index contributed by atoms with van der Waals surface area (Å²) in [6.07, 6.45) is 6.82. The molecule has 216 valence electrons. The molecule has 5 rings (SSSR count). The van der Waals surface area contributed by atoms with Crippen LogP contribution in [-0.2, 0) is 19.1 Å². The van der Waals surface area contributed by atoms with E-state index in [1.54, 1.807) is 9.80 Å². The maximum absolute atomic E-state index is 14.5. The molecule has 4 heterocycles. The molecule has 0 saturated carbocycles. The maximum Gasteiger partial charge on any atom is 0.249 e. The average Bonchev–Trinajstić information content (AvgIpc) is 3.20. The Morgan fingerprint density at radius 3 is 2.35 bits per heavy atom. The Hall–Kier alpha value is -3.17. The molecule has 4 aliphatic heterocycles. The van der Waals surface area contributed by atoms with E-state index in [-0.39, 0.29) is 30.2 Å². The molecule has 9 nitrogen and oxygen atoms in total. The van der Waals surface area contributed by atoms with Gasteiger partial charge in [-0.25, -0.2) is 0 Å². The van der Waals surface area contributed by atoms with Crippen LogP contribution in [0.3, 0.4) is 0 Å². The summed E-state index contributed by atoms with van der Waals surface area (Å²) in [5, 5.41) is 10.4. The number of anilines is 1. The van der Waals surface area contributed by atoms with Crippen molar-refractivity contribution in [3.63, 3.8) is 0 Å². The number of carbonyl (C=O) groups is 3. The van der Waals surface area contributed by atoms with Gasteiger partial charge in [0.1, 0.15) is 17.4 Å². The van der Waals surface area contributed by atoms with Crippen molar-refractivity contribution >= 4 is 23.4 Å². The Kier molecular flexibility index (Phi) is 7.33. The zero-order valence-corrected chi connectivity index (χ0v) is 24.2. The van der Waals surface area contributed by atoms with E-state index in [0.29, 0.717) is 31.1 Å². The van der Waals surface area contributed by atoms with Crippen LogP contribution in [0.15, 0.2) is 48.6 Å². The smallest absolute Gasteiger partial charge is 0.249 e. The molecule has 1 unspecified atom stereocenters. The predicted molar refractivity (Wildman–Crippen MR) is 151 cm³/mol. The second kappa shape index (κ2) is 10.3. The van der Waals surface area contributed by atoms with E-state index in [4.69, 9.17) is 9.47 Å². The highest BCUT2D eigenvalue weighted by Crippen LogP contribution is 2.54. The standard InChI is InChI=1S/C31H41N3O6/c1-7-39-21-13-11-20(12-14-21)32-16-8-10-23-24(27(32)36)25-28(37)34(22(18-35)19(2)3)26-29(38)33(30(4,5)6)17-9-15-31(25,26)40-23/h8-15,19,22-26,35H,7,16-18H2,1-6H3/t22-,23-,24+,25-,26?,31-/m0/s1. The number of aliphatic hydroxyl groups excluding tert-OH is 1. The molecule has 4 aliphatic rings. The largest absolute Gasteiger partial charge is 0.494 e. The van der Waals surface area contributed by atoms with Gasteiger partial charge in [-0.2, -0.15) is 0 Å². The molecule has 2 fully saturated rings. The van der Waals surface area contributed by atoms with Gasteiger partial charge in [0.25, 0.3) is 0 Å². The van der Waals surface area contributed by atoms with Gasteiger partial charge in [0.2, 0.25) is 17.7 Å². The molecule has 0 radical (unpaired) electrons. The molecule has 6 atom stereocenters. The number of aliphatic hydroxyl groups is 1. The van der Waals surface area contributed by atoms with Gasteiger partial charge in [-0.15, -0.1) is 0 Å². The number of amides is 3. The molecule has 0 aliphatic carbocycles. The summed E-state index contributed by atoms with van der Waals surface area (Å²) in [5.74, 6) is -1.92. The lowest BCUT2D eigenvalue weighted by atomic mass is 9.77. The van der Waals surface area contributed by atoms with Crippen LogP contribution in [-0.4, -0.2) is 88.3 Å². The molecular weight excluding hydrogens is 510 g/mol. The number of hydrogen-bond donors (Lipinski definition) is 1. The van der Waals surface area contributed by atoms with E-state index in [2.05, 4.69) is 0 Å². The van der Waals surface area contributed by atoms with Crippen molar-refractivity contribution in [1.29, 1.82) is 0 Å². The first kappa shape index (κ1) is 28.4. The topological polar surface area (TPSA) is 99.6 Å². The van der Waals surface area contributed by atoms with E-state index in [0.717, 1.165) is 0 Å².